The Bertz CT molecular complexity index is 827. The standard InChI is InChI=1S/C15H13Cl2N3O/c1-8(21)15-19-13-6-9(18)2-5-14(13)20(15)10-3-4-11(16)12(17)7-10/h2-8,21H,18H2,1H3. The van der Waals surface area contributed by atoms with E-state index in [1.807, 2.05) is 16.7 Å². The van der Waals surface area contributed by atoms with Gasteiger partial charge in [-0.3, -0.25) is 4.57 Å². The lowest BCUT2D eigenvalue weighted by atomic mass is 10.2. The quantitative estimate of drug-likeness (QED) is 0.702. The van der Waals surface area contributed by atoms with E-state index >= 15 is 0 Å². The van der Waals surface area contributed by atoms with Gasteiger partial charge < -0.3 is 10.8 Å². The summed E-state index contributed by atoms with van der Waals surface area (Å²) < 4.78 is 1.85. The van der Waals surface area contributed by atoms with Crippen LogP contribution in [0.2, 0.25) is 10.0 Å². The predicted octanol–water partition coefficient (Wildman–Crippen LogP) is 3.97. The SMILES string of the molecule is CC(O)c1nc2cc(N)ccc2n1-c1ccc(Cl)c(Cl)c1. The molecule has 0 amide bonds. The van der Waals surface area contributed by atoms with Crippen LogP contribution >= 0.6 is 23.2 Å². The normalized spacial score (nSPS) is 12.8. The lowest BCUT2D eigenvalue weighted by molar-refractivity contribution is 0.187. The number of hydrogen-bond acceptors (Lipinski definition) is 3. The summed E-state index contributed by atoms with van der Waals surface area (Å²) in [6, 6.07) is 10.7. The van der Waals surface area contributed by atoms with Gasteiger partial charge in [0.2, 0.25) is 0 Å². The molecule has 1 aromatic heterocycles. The van der Waals surface area contributed by atoms with Gasteiger partial charge in [-0.1, -0.05) is 23.2 Å². The molecular weight excluding hydrogens is 309 g/mol. The van der Waals surface area contributed by atoms with Gasteiger partial charge in [0.1, 0.15) is 11.9 Å². The zero-order chi connectivity index (χ0) is 15.1. The van der Waals surface area contributed by atoms with E-state index in [1.165, 1.54) is 0 Å². The van der Waals surface area contributed by atoms with Crippen molar-refractivity contribution in [2.75, 3.05) is 5.73 Å². The molecule has 1 unspecified atom stereocenters. The maximum absolute atomic E-state index is 9.99. The molecule has 3 N–H and O–H groups in total. The molecule has 0 radical (unpaired) electrons. The van der Waals surface area contributed by atoms with Gasteiger partial charge in [-0.2, -0.15) is 0 Å². The number of halogens is 2. The van der Waals surface area contributed by atoms with Crippen LogP contribution in [0.4, 0.5) is 5.69 Å². The van der Waals surface area contributed by atoms with E-state index in [1.54, 1.807) is 31.2 Å². The number of hydrogen-bond donors (Lipinski definition) is 2. The summed E-state index contributed by atoms with van der Waals surface area (Å²) in [6.45, 7) is 1.67. The van der Waals surface area contributed by atoms with Crippen LogP contribution in [0.25, 0.3) is 16.7 Å². The number of rotatable bonds is 2. The number of aromatic nitrogens is 2. The van der Waals surface area contributed by atoms with Crippen LogP contribution < -0.4 is 5.73 Å². The van der Waals surface area contributed by atoms with E-state index in [2.05, 4.69) is 4.98 Å². The second-order valence-corrected chi connectivity index (χ2v) is 5.64. The summed E-state index contributed by atoms with van der Waals surface area (Å²) >= 11 is 12.1. The number of aliphatic hydroxyl groups is 1. The zero-order valence-corrected chi connectivity index (χ0v) is 12.7. The first-order valence-corrected chi connectivity index (χ1v) is 7.14. The molecule has 0 bridgehead atoms. The van der Waals surface area contributed by atoms with Gasteiger partial charge in [-0.15, -0.1) is 0 Å². The third-order valence-electron chi connectivity index (χ3n) is 3.24. The molecule has 1 heterocycles. The molecule has 0 saturated heterocycles. The van der Waals surface area contributed by atoms with Gasteiger partial charge >= 0.3 is 0 Å². The van der Waals surface area contributed by atoms with Crippen LogP contribution in [0, 0.1) is 0 Å². The molecule has 1 atom stereocenters. The molecule has 0 fully saturated rings. The Balaban J connectivity index is 2.33. The number of imidazole rings is 1. The van der Waals surface area contributed by atoms with E-state index in [0.717, 1.165) is 16.7 Å². The van der Waals surface area contributed by atoms with Crippen molar-refractivity contribution in [2.45, 2.75) is 13.0 Å². The van der Waals surface area contributed by atoms with Gasteiger partial charge in [0, 0.05) is 11.4 Å². The number of nitrogens with two attached hydrogens (primary N) is 1. The van der Waals surface area contributed by atoms with Gasteiger partial charge in [0.15, 0.2) is 0 Å². The highest BCUT2D eigenvalue weighted by Crippen LogP contribution is 2.30. The third-order valence-corrected chi connectivity index (χ3v) is 3.98. The van der Waals surface area contributed by atoms with Crippen molar-refractivity contribution in [1.82, 2.24) is 9.55 Å². The zero-order valence-electron chi connectivity index (χ0n) is 11.2. The number of fused-ring (bicyclic) bond motifs is 1. The van der Waals surface area contributed by atoms with E-state index in [-0.39, 0.29) is 0 Å². The molecule has 0 saturated carbocycles. The predicted molar refractivity (Wildman–Crippen MR) is 86.1 cm³/mol. The molecule has 4 nitrogen and oxygen atoms in total. The van der Waals surface area contributed by atoms with E-state index in [0.29, 0.717) is 21.6 Å². The highest BCUT2D eigenvalue weighted by atomic mass is 35.5. The van der Waals surface area contributed by atoms with Crippen molar-refractivity contribution in [2.24, 2.45) is 0 Å². The van der Waals surface area contributed by atoms with Crippen molar-refractivity contribution >= 4 is 39.9 Å². The van der Waals surface area contributed by atoms with Crippen LogP contribution in [0.1, 0.15) is 18.9 Å². The summed E-state index contributed by atoms with van der Waals surface area (Å²) in [5, 5.41) is 10.9. The van der Waals surface area contributed by atoms with Crippen LogP contribution in [-0.4, -0.2) is 14.7 Å². The average Bonchev–Trinajstić information content (AvgIpc) is 2.80. The highest BCUT2D eigenvalue weighted by Gasteiger charge is 2.17. The molecule has 0 aliphatic carbocycles. The molecule has 0 aliphatic rings. The Morgan fingerprint density at radius 3 is 2.57 bits per heavy atom. The lowest BCUT2D eigenvalue weighted by Crippen LogP contribution is -2.04. The average molecular weight is 322 g/mol. The van der Waals surface area contributed by atoms with Crippen molar-refractivity contribution < 1.29 is 5.11 Å². The van der Waals surface area contributed by atoms with E-state index in [9.17, 15) is 5.11 Å². The largest absolute Gasteiger partial charge is 0.399 e. The fourth-order valence-electron chi connectivity index (χ4n) is 2.29. The molecule has 3 rings (SSSR count). The van der Waals surface area contributed by atoms with Gasteiger partial charge in [0.05, 0.1) is 21.1 Å². The second-order valence-electron chi connectivity index (χ2n) is 4.83. The van der Waals surface area contributed by atoms with Crippen molar-refractivity contribution in [3.63, 3.8) is 0 Å². The molecule has 6 heteroatoms. The Kier molecular flexibility index (Phi) is 3.53. The summed E-state index contributed by atoms with van der Waals surface area (Å²) in [5.74, 6) is 0.522. The number of anilines is 1. The van der Waals surface area contributed by atoms with Gasteiger partial charge in [-0.25, -0.2) is 4.98 Å². The fourth-order valence-corrected chi connectivity index (χ4v) is 2.58. The van der Waals surface area contributed by atoms with Crippen molar-refractivity contribution in [3.8, 4) is 5.69 Å². The van der Waals surface area contributed by atoms with Crippen LogP contribution in [0.5, 0.6) is 0 Å². The summed E-state index contributed by atoms with van der Waals surface area (Å²) in [4.78, 5) is 4.46. The highest BCUT2D eigenvalue weighted by molar-refractivity contribution is 6.42. The Hall–Kier alpha value is -1.75. The number of aliphatic hydroxyl groups excluding tert-OH is 1. The minimum Gasteiger partial charge on any atom is -0.399 e. The molecule has 108 valence electrons. The molecular formula is C15H13Cl2N3O. The summed E-state index contributed by atoms with van der Waals surface area (Å²) in [6.07, 6.45) is -0.729. The molecule has 21 heavy (non-hydrogen) atoms. The van der Waals surface area contributed by atoms with Crippen LogP contribution in [-0.2, 0) is 0 Å². The summed E-state index contributed by atoms with van der Waals surface area (Å²) in [7, 11) is 0. The first-order valence-electron chi connectivity index (χ1n) is 6.38. The maximum atomic E-state index is 9.99. The molecule has 3 aromatic rings. The maximum Gasteiger partial charge on any atom is 0.143 e. The second kappa shape index (κ2) is 5.22. The monoisotopic (exact) mass is 321 g/mol. The van der Waals surface area contributed by atoms with E-state index in [4.69, 9.17) is 28.9 Å². The van der Waals surface area contributed by atoms with Crippen LogP contribution in [0.15, 0.2) is 36.4 Å². The first-order chi connectivity index (χ1) is 9.97. The van der Waals surface area contributed by atoms with Crippen molar-refractivity contribution in [1.29, 1.82) is 0 Å². The first kappa shape index (κ1) is 14.2. The van der Waals surface area contributed by atoms with Gasteiger partial charge in [-0.05, 0) is 43.3 Å². The fraction of sp³-hybridized carbons (Fsp3) is 0.133. The topological polar surface area (TPSA) is 64.1 Å². The number of benzene rings is 2. The summed E-state index contributed by atoms with van der Waals surface area (Å²) in [5.41, 5.74) is 8.77. The van der Waals surface area contributed by atoms with E-state index < -0.39 is 6.10 Å². The molecule has 0 aliphatic heterocycles. The molecule has 0 spiro atoms. The number of nitrogens with zero attached hydrogens (tertiary/aromatic N) is 2. The Labute approximate surface area is 131 Å². The minimum absolute atomic E-state index is 0.447. The minimum atomic E-state index is -0.729. The Morgan fingerprint density at radius 2 is 1.90 bits per heavy atom. The Morgan fingerprint density at radius 1 is 1.14 bits per heavy atom. The smallest absolute Gasteiger partial charge is 0.143 e. The van der Waals surface area contributed by atoms with Crippen LogP contribution in [0.3, 0.4) is 0 Å². The number of nitrogen functional groups attached to an aromatic ring is 1. The van der Waals surface area contributed by atoms with Gasteiger partial charge in [0.25, 0.3) is 0 Å². The lowest BCUT2D eigenvalue weighted by Gasteiger charge is -2.12. The van der Waals surface area contributed by atoms with Crippen molar-refractivity contribution in [3.05, 3.63) is 52.3 Å². The third kappa shape index (κ3) is 2.46. The molecule has 2 aromatic carbocycles.